The van der Waals surface area contributed by atoms with Crippen LogP contribution in [0.2, 0.25) is 19.6 Å². The van der Waals surface area contributed by atoms with Gasteiger partial charge >= 0.3 is 15.2 Å². The molecule has 0 radical (unpaired) electrons. The van der Waals surface area contributed by atoms with Crippen LogP contribution < -0.4 is 5.19 Å². The summed E-state index contributed by atoms with van der Waals surface area (Å²) < 4.78 is 49.4. The van der Waals surface area contributed by atoms with Crippen molar-refractivity contribution in [2.75, 3.05) is 26.4 Å². The molecule has 0 saturated heterocycles. The van der Waals surface area contributed by atoms with Crippen molar-refractivity contribution in [3.63, 3.8) is 0 Å². The highest BCUT2D eigenvalue weighted by Crippen LogP contribution is 2.71. The average Bonchev–Trinajstić information content (AvgIpc) is 2.62. The van der Waals surface area contributed by atoms with Crippen LogP contribution in [0.15, 0.2) is 24.3 Å². The third-order valence-corrected chi connectivity index (χ3v) is 12.6. The molecule has 0 fully saturated rings. The fraction of sp³-hybridized carbons (Fsp3) is 0.700. The largest absolute Gasteiger partial charge is 0.345 e. The van der Waals surface area contributed by atoms with E-state index in [-0.39, 0.29) is 26.4 Å². The molecular formula is C20H38O6P2Si. The Labute approximate surface area is 177 Å². The van der Waals surface area contributed by atoms with Crippen LogP contribution in [-0.2, 0) is 33.6 Å². The minimum atomic E-state index is -3.70. The Morgan fingerprint density at radius 3 is 1.66 bits per heavy atom. The van der Waals surface area contributed by atoms with Gasteiger partial charge in [-0.25, -0.2) is 0 Å². The van der Waals surface area contributed by atoms with Crippen LogP contribution in [0.3, 0.4) is 0 Å². The van der Waals surface area contributed by atoms with E-state index < -0.39 is 28.7 Å². The molecule has 0 N–H and O–H groups in total. The first-order valence-electron chi connectivity index (χ1n) is 10.4. The highest BCUT2D eigenvalue weighted by atomic mass is 31.2. The summed E-state index contributed by atoms with van der Waals surface area (Å²) in [6.45, 7) is 14.6. The van der Waals surface area contributed by atoms with Crippen molar-refractivity contribution < 1.29 is 27.2 Å². The Hall–Kier alpha value is -0.263. The minimum Gasteiger partial charge on any atom is -0.308 e. The van der Waals surface area contributed by atoms with Gasteiger partial charge < -0.3 is 18.1 Å². The van der Waals surface area contributed by atoms with Crippen LogP contribution in [0.5, 0.6) is 0 Å². The van der Waals surface area contributed by atoms with E-state index in [9.17, 15) is 9.13 Å². The SMILES string of the molecule is CCOP(=O)(OCC)C(CCc1cccc([Si](C)(C)C)c1)P(=O)(OCC)OCC. The first kappa shape index (κ1) is 26.8. The lowest BCUT2D eigenvalue weighted by molar-refractivity contribution is 0.194. The Bertz CT molecular complexity index is 669. The maximum atomic E-state index is 13.6. The van der Waals surface area contributed by atoms with Crippen molar-refractivity contribution in [1.82, 2.24) is 0 Å². The standard InChI is InChI=1S/C20H38O6P2Si/c1-8-23-27(21,24-9-2)20(28(22,25-10-3)26-11-4)16-15-18-13-12-14-19(17-18)29(5,6)7/h12-14,17,20H,8-11,15-16H2,1-7H3. The highest BCUT2D eigenvalue weighted by Gasteiger charge is 2.50. The first-order chi connectivity index (χ1) is 13.6. The van der Waals surface area contributed by atoms with Gasteiger partial charge in [0.25, 0.3) is 0 Å². The summed E-state index contributed by atoms with van der Waals surface area (Å²) in [5, 5.41) is 0.382. The molecule has 0 aliphatic heterocycles. The summed E-state index contributed by atoms with van der Waals surface area (Å²) in [6, 6.07) is 8.44. The maximum Gasteiger partial charge on any atom is 0.345 e. The van der Waals surface area contributed by atoms with Gasteiger partial charge in [-0.1, -0.05) is 49.1 Å². The van der Waals surface area contributed by atoms with Crippen LogP contribution >= 0.6 is 15.2 Å². The van der Waals surface area contributed by atoms with Crippen LogP contribution in [0.1, 0.15) is 39.7 Å². The molecule has 0 aliphatic rings. The topological polar surface area (TPSA) is 71.1 Å². The van der Waals surface area contributed by atoms with E-state index >= 15 is 0 Å². The van der Waals surface area contributed by atoms with E-state index in [1.165, 1.54) is 5.19 Å². The van der Waals surface area contributed by atoms with Crippen molar-refractivity contribution in [3.8, 4) is 0 Å². The lowest BCUT2D eigenvalue weighted by Gasteiger charge is -2.31. The van der Waals surface area contributed by atoms with E-state index in [1.54, 1.807) is 27.7 Å². The van der Waals surface area contributed by atoms with Gasteiger partial charge in [0.1, 0.15) is 0 Å². The van der Waals surface area contributed by atoms with Gasteiger partial charge in [0.15, 0.2) is 5.40 Å². The molecule has 1 rings (SSSR count). The van der Waals surface area contributed by atoms with E-state index in [2.05, 4.69) is 31.8 Å². The van der Waals surface area contributed by atoms with Crippen molar-refractivity contribution in [1.29, 1.82) is 0 Å². The molecule has 0 saturated carbocycles. The first-order valence-corrected chi connectivity index (χ1v) is 17.2. The maximum absolute atomic E-state index is 13.6. The molecular weight excluding hydrogens is 426 g/mol. The van der Waals surface area contributed by atoms with Gasteiger partial charge in [-0.2, -0.15) is 0 Å². The number of rotatable bonds is 14. The quantitative estimate of drug-likeness (QED) is 0.248. The van der Waals surface area contributed by atoms with Crippen molar-refractivity contribution in [3.05, 3.63) is 29.8 Å². The molecule has 0 atom stereocenters. The molecule has 0 amide bonds. The predicted molar refractivity (Wildman–Crippen MR) is 123 cm³/mol. The number of hydrogen-bond acceptors (Lipinski definition) is 6. The normalized spacial score (nSPS) is 13.2. The Morgan fingerprint density at radius 1 is 0.828 bits per heavy atom. The van der Waals surface area contributed by atoms with Crippen molar-refractivity contribution in [2.45, 2.75) is 65.6 Å². The second kappa shape index (κ2) is 11.9. The molecule has 1 aromatic rings. The summed E-state index contributed by atoms with van der Waals surface area (Å²) in [5.74, 6) is 0. The smallest absolute Gasteiger partial charge is 0.308 e. The Kier molecular flexibility index (Phi) is 11.0. The van der Waals surface area contributed by atoms with Crippen LogP contribution in [0, 0.1) is 0 Å². The summed E-state index contributed by atoms with van der Waals surface area (Å²) >= 11 is 0. The third kappa shape index (κ3) is 7.73. The molecule has 9 heteroatoms. The number of hydrogen-bond donors (Lipinski definition) is 0. The van der Waals surface area contributed by atoms with Gasteiger partial charge in [-0.15, -0.1) is 0 Å². The van der Waals surface area contributed by atoms with E-state index in [1.807, 2.05) is 12.1 Å². The van der Waals surface area contributed by atoms with Crippen LogP contribution in [-0.4, -0.2) is 39.9 Å². The molecule has 0 heterocycles. The molecule has 0 unspecified atom stereocenters. The molecule has 0 aliphatic carbocycles. The van der Waals surface area contributed by atoms with E-state index in [0.717, 1.165) is 5.56 Å². The molecule has 1 aromatic carbocycles. The van der Waals surface area contributed by atoms with Gasteiger partial charge in [-0.3, -0.25) is 9.13 Å². The third-order valence-electron chi connectivity index (χ3n) is 4.45. The summed E-state index contributed by atoms with van der Waals surface area (Å²) in [6.07, 6.45) is 0.904. The van der Waals surface area contributed by atoms with Gasteiger partial charge in [-0.05, 0) is 46.1 Å². The lowest BCUT2D eigenvalue weighted by Crippen LogP contribution is -2.37. The molecule has 6 nitrogen and oxygen atoms in total. The van der Waals surface area contributed by atoms with Gasteiger partial charge in [0, 0.05) is 0 Å². The van der Waals surface area contributed by atoms with E-state index in [4.69, 9.17) is 18.1 Å². The number of aryl methyl sites for hydroxylation is 1. The van der Waals surface area contributed by atoms with Crippen molar-refractivity contribution in [2.24, 2.45) is 0 Å². The monoisotopic (exact) mass is 464 g/mol. The molecule has 0 bridgehead atoms. The highest BCUT2D eigenvalue weighted by molar-refractivity contribution is 7.72. The Morgan fingerprint density at radius 2 is 1.28 bits per heavy atom. The zero-order valence-corrected chi connectivity index (χ0v) is 21.8. The molecule has 0 spiro atoms. The average molecular weight is 465 g/mol. The number of benzene rings is 1. The van der Waals surface area contributed by atoms with Gasteiger partial charge in [0.2, 0.25) is 0 Å². The molecule has 168 valence electrons. The fourth-order valence-electron chi connectivity index (χ4n) is 3.12. The molecule has 29 heavy (non-hydrogen) atoms. The zero-order chi connectivity index (χ0) is 22.1. The second-order valence-electron chi connectivity index (χ2n) is 7.72. The minimum absolute atomic E-state index is 0.192. The predicted octanol–water partition coefficient (Wildman–Crippen LogP) is 6.02. The zero-order valence-electron chi connectivity index (χ0n) is 19.0. The molecule has 0 aromatic heterocycles. The summed E-state index contributed by atoms with van der Waals surface area (Å²) in [5.41, 5.74) is 1.11. The lowest BCUT2D eigenvalue weighted by atomic mass is 10.1. The van der Waals surface area contributed by atoms with E-state index in [0.29, 0.717) is 12.8 Å². The second-order valence-corrected chi connectivity index (χ2v) is 17.6. The fourth-order valence-corrected chi connectivity index (χ4v) is 9.68. The van der Waals surface area contributed by atoms with Gasteiger partial charge in [0.05, 0.1) is 34.5 Å². The summed E-state index contributed by atoms with van der Waals surface area (Å²) in [7, 11) is -8.85. The Balaban J connectivity index is 3.27. The van der Waals surface area contributed by atoms with Crippen LogP contribution in [0.4, 0.5) is 0 Å². The van der Waals surface area contributed by atoms with Crippen molar-refractivity contribution >= 4 is 28.5 Å². The summed E-state index contributed by atoms with van der Waals surface area (Å²) in [4.78, 5) is 0. The van der Waals surface area contributed by atoms with Crippen LogP contribution in [0.25, 0.3) is 0 Å².